The molecule has 0 saturated heterocycles. The Labute approximate surface area is 112 Å². The molecule has 2 N–H and O–H groups in total. The monoisotopic (exact) mass is 267 g/mol. The lowest BCUT2D eigenvalue weighted by molar-refractivity contribution is -0.125. The predicted octanol–water partition coefficient (Wildman–Crippen LogP) is 2.96. The third kappa shape index (κ3) is 3.84. The molecular weight excluding hydrogens is 250 g/mol. The van der Waals surface area contributed by atoms with Gasteiger partial charge in [0.25, 0.3) is 0 Å². The fourth-order valence-corrected chi connectivity index (χ4v) is 2.22. The fourth-order valence-electron chi connectivity index (χ4n) is 1.94. The number of hydrogen-bond acceptors (Lipinski definition) is 3. The largest absolute Gasteiger partial charge is 0.397 e. The molecule has 0 fully saturated rings. The Morgan fingerprint density at radius 1 is 1.33 bits per heavy atom. The van der Waals surface area contributed by atoms with Crippen LogP contribution in [-0.2, 0) is 16.0 Å². The van der Waals surface area contributed by atoms with E-state index in [0.29, 0.717) is 17.1 Å². The van der Waals surface area contributed by atoms with Gasteiger partial charge in [-0.1, -0.05) is 17.7 Å². The van der Waals surface area contributed by atoms with E-state index in [-0.39, 0.29) is 23.9 Å². The zero-order chi connectivity index (χ0) is 13.9. The molecule has 0 spiro atoms. The van der Waals surface area contributed by atoms with Crippen LogP contribution in [0, 0.1) is 12.8 Å². The molecule has 3 nitrogen and oxygen atoms in total. The van der Waals surface area contributed by atoms with Gasteiger partial charge in [0.1, 0.15) is 11.6 Å². The molecule has 1 aromatic carbocycles. The Morgan fingerprint density at radius 2 is 1.94 bits per heavy atom. The van der Waals surface area contributed by atoms with Gasteiger partial charge in [-0.2, -0.15) is 0 Å². The summed E-state index contributed by atoms with van der Waals surface area (Å²) in [4.78, 5) is 22.6. The molecule has 0 aliphatic rings. The van der Waals surface area contributed by atoms with Crippen molar-refractivity contribution < 1.29 is 9.59 Å². The number of halogens is 1. The maximum atomic E-state index is 11.5. The van der Waals surface area contributed by atoms with Crippen LogP contribution in [0.15, 0.2) is 12.1 Å². The van der Waals surface area contributed by atoms with E-state index in [1.54, 1.807) is 6.07 Å². The standard InChI is InChI=1S/C14H18ClNO2/c1-8-4-11(7-13(15)14(8)16)6-12(10(3)18)5-9(2)17/h4,7,12H,5-6,16H2,1-3H3/t12-/m1/s1. The van der Waals surface area contributed by atoms with Crippen LogP contribution in [0.25, 0.3) is 0 Å². The van der Waals surface area contributed by atoms with Gasteiger partial charge < -0.3 is 10.5 Å². The molecule has 1 atom stereocenters. The molecule has 0 bridgehead atoms. The summed E-state index contributed by atoms with van der Waals surface area (Å²) in [7, 11) is 0. The van der Waals surface area contributed by atoms with E-state index in [2.05, 4.69) is 0 Å². The van der Waals surface area contributed by atoms with E-state index in [9.17, 15) is 9.59 Å². The van der Waals surface area contributed by atoms with Gasteiger partial charge in [-0.25, -0.2) is 0 Å². The lowest BCUT2D eigenvalue weighted by Crippen LogP contribution is -2.17. The molecule has 0 aromatic heterocycles. The van der Waals surface area contributed by atoms with Crippen LogP contribution in [0.2, 0.25) is 5.02 Å². The number of rotatable bonds is 5. The summed E-state index contributed by atoms with van der Waals surface area (Å²) in [6, 6.07) is 3.68. The first-order valence-electron chi connectivity index (χ1n) is 5.85. The molecule has 1 aromatic rings. The number of nitrogen functional groups attached to an aromatic ring is 1. The lowest BCUT2D eigenvalue weighted by Gasteiger charge is -2.14. The van der Waals surface area contributed by atoms with Crippen molar-refractivity contribution in [3.8, 4) is 0 Å². The smallest absolute Gasteiger partial charge is 0.133 e. The minimum Gasteiger partial charge on any atom is -0.397 e. The number of carbonyl (C=O) groups is 2. The number of carbonyl (C=O) groups excluding carboxylic acids is 2. The first-order valence-corrected chi connectivity index (χ1v) is 6.23. The molecule has 0 saturated carbocycles. The molecule has 0 aliphatic heterocycles. The number of anilines is 1. The van der Waals surface area contributed by atoms with Gasteiger partial charge in [0.2, 0.25) is 0 Å². The molecule has 0 heterocycles. The van der Waals surface area contributed by atoms with E-state index in [1.165, 1.54) is 13.8 Å². The molecule has 1 rings (SSSR count). The van der Waals surface area contributed by atoms with Gasteiger partial charge in [-0.05, 0) is 44.4 Å². The molecule has 98 valence electrons. The Morgan fingerprint density at radius 3 is 2.39 bits per heavy atom. The Kier molecular flexibility index (Phi) is 4.91. The Bertz CT molecular complexity index is 460. The third-order valence-electron chi connectivity index (χ3n) is 2.99. The van der Waals surface area contributed by atoms with Crippen LogP contribution in [0.3, 0.4) is 0 Å². The van der Waals surface area contributed by atoms with Gasteiger partial charge in [0, 0.05) is 12.3 Å². The van der Waals surface area contributed by atoms with Crippen molar-refractivity contribution in [2.75, 3.05) is 5.73 Å². The van der Waals surface area contributed by atoms with Crippen LogP contribution >= 0.6 is 11.6 Å². The first kappa shape index (κ1) is 14.7. The molecule has 0 aliphatic carbocycles. The molecule has 18 heavy (non-hydrogen) atoms. The topological polar surface area (TPSA) is 60.2 Å². The minimum atomic E-state index is -0.276. The highest BCUT2D eigenvalue weighted by Crippen LogP contribution is 2.26. The minimum absolute atomic E-state index is 0.0217. The first-order chi connectivity index (χ1) is 8.31. The van der Waals surface area contributed by atoms with Crippen LogP contribution < -0.4 is 5.73 Å². The van der Waals surface area contributed by atoms with Gasteiger partial charge in [0.05, 0.1) is 10.7 Å². The van der Waals surface area contributed by atoms with E-state index in [1.807, 2.05) is 13.0 Å². The van der Waals surface area contributed by atoms with Crippen molar-refractivity contribution in [2.24, 2.45) is 5.92 Å². The summed E-state index contributed by atoms with van der Waals surface area (Å²) in [6.07, 6.45) is 0.798. The van der Waals surface area contributed by atoms with Crippen LogP contribution in [0.4, 0.5) is 5.69 Å². The number of aryl methyl sites for hydroxylation is 1. The maximum Gasteiger partial charge on any atom is 0.133 e. The quantitative estimate of drug-likeness (QED) is 0.835. The molecule has 0 amide bonds. The maximum absolute atomic E-state index is 11.5. The van der Waals surface area contributed by atoms with Gasteiger partial charge >= 0.3 is 0 Å². The second-order valence-corrected chi connectivity index (χ2v) is 5.13. The second kappa shape index (κ2) is 6.01. The second-order valence-electron chi connectivity index (χ2n) is 4.73. The number of ketones is 2. The lowest BCUT2D eigenvalue weighted by atomic mass is 9.91. The van der Waals surface area contributed by atoms with Gasteiger partial charge in [-0.3, -0.25) is 4.79 Å². The molecule has 0 radical (unpaired) electrons. The summed E-state index contributed by atoms with van der Waals surface area (Å²) >= 11 is 6.01. The summed E-state index contributed by atoms with van der Waals surface area (Å²) in [5, 5.41) is 0.495. The van der Waals surface area contributed by atoms with E-state index in [4.69, 9.17) is 17.3 Å². The van der Waals surface area contributed by atoms with Crippen molar-refractivity contribution in [3.05, 3.63) is 28.3 Å². The van der Waals surface area contributed by atoms with Crippen LogP contribution in [0.1, 0.15) is 31.4 Å². The highest BCUT2D eigenvalue weighted by molar-refractivity contribution is 6.33. The summed E-state index contributed by atoms with van der Waals surface area (Å²) in [5.41, 5.74) is 8.16. The molecule has 0 unspecified atom stereocenters. The zero-order valence-electron chi connectivity index (χ0n) is 10.9. The van der Waals surface area contributed by atoms with Crippen molar-refractivity contribution in [1.29, 1.82) is 0 Å². The van der Waals surface area contributed by atoms with Gasteiger partial charge in [0.15, 0.2) is 0 Å². The number of hydrogen-bond donors (Lipinski definition) is 1. The Hall–Kier alpha value is -1.35. The predicted molar refractivity (Wildman–Crippen MR) is 73.8 cm³/mol. The summed E-state index contributed by atoms with van der Waals surface area (Å²) in [5.74, 6) is -0.231. The van der Waals surface area contributed by atoms with Gasteiger partial charge in [-0.15, -0.1) is 0 Å². The molecular formula is C14H18ClNO2. The van der Waals surface area contributed by atoms with Crippen molar-refractivity contribution in [3.63, 3.8) is 0 Å². The van der Waals surface area contributed by atoms with Crippen molar-refractivity contribution in [1.82, 2.24) is 0 Å². The number of Topliss-reactive ketones (excluding diaryl/α,β-unsaturated/α-hetero) is 2. The zero-order valence-corrected chi connectivity index (χ0v) is 11.7. The SMILES string of the molecule is CC(=O)C[C@H](Cc1cc(C)c(N)c(Cl)c1)C(C)=O. The summed E-state index contributed by atoms with van der Waals surface area (Å²) in [6.45, 7) is 4.88. The average molecular weight is 268 g/mol. The normalized spacial score (nSPS) is 12.2. The van der Waals surface area contributed by atoms with Crippen molar-refractivity contribution in [2.45, 2.75) is 33.6 Å². The fraction of sp³-hybridized carbons (Fsp3) is 0.429. The average Bonchev–Trinajstić information content (AvgIpc) is 2.24. The highest BCUT2D eigenvalue weighted by atomic mass is 35.5. The van der Waals surface area contributed by atoms with Crippen molar-refractivity contribution >= 4 is 28.9 Å². The highest BCUT2D eigenvalue weighted by Gasteiger charge is 2.17. The van der Waals surface area contributed by atoms with Crippen LogP contribution in [0.5, 0.6) is 0 Å². The molecule has 4 heteroatoms. The summed E-state index contributed by atoms with van der Waals surface area (Å²) < 4.78 is 0. The Balaban J connectivity index is 2.94. The third-order valence-corrected chi connectivity index (χ3v) is 3.30. The number of nitrogens with two attached hydrogens (primary N) is 1. The van der Waals surface area contributed by atoms with E-state index in [0.717, 1.165) is 11.1 Å². The van der Waals surface area contributed by atoms with E-state index < -0.39 is 0 Å². The number of benzene rings is 1. The van der Waals surface area contributed by atoms with Crippen LogP contribution in [-0.4, -0.2) is 11.6 Å². The van der Waals surface area contributed by atoms with E-state index >= 15 is 0 Å².